The van der Waals surface area contributed by atoms with E-state index in [2.05, 4.69) is 4.98 Å². The van der Waals surface area contributed by atoms with Gasteiger partial charge >= 0.3 is 0 Å². The van der Waals surface area contributed by atoms with Crippen LogP contribution in [0.5, 0.6) is 0 Å². The fourth-order valence-corrected chi connectivity index (χ4v) is 1.79. The summed E-state index contributed by atoms with van der Waals surface area (Å²) in [7, 11) is 0. The van der Waals surface area contributed by atoms with E-state index >= 15 is 0 Å². The lowest BCUT2D eigenvalue weighted by molar-refractivity contribution is 0.0577. The quantitative estimate of drug-likeness (QED) is 0.725. The molecule has 0 bridgehead atoms. The summed E-state index contributed by atoms with van der Waals surface area (Å²) < 4.78 is 6.80. The summed E-state index contributed by atoms with van der Waals surface area (Å²) in [6, 6.07) is 0.0262. The average Bonchev–Trinajstić information content (AvgIpc) is 2.27. The molecule has 1 aliphatic rings. The summed E-state index contributed by atoms with van der Waals surface area (Å²) in [6.07, 6.45) is 3.28. The van der Waals surface area contributed by atoms with Gasteiger partial charge < -0.3 is 10.5 Å². The Hall–Kier alpha value is -1.07. The maximum atomic E-state index is 11.7. The SMILES string of the molecule is Nc1c(Cl)ncn(C2CCCOC2)c1=O. The number of aromatic nitrogens is 2. The molecule has 6 heteroatoms. The molecule has 2 rings (SSSR count). The average molecular weight is 230 g/mol. The number of nitrogens with zero attached hydrogens (tertiary/aromatic N) is 2. The highest BCUT2D eigenvalue weighted by atomic mass is 35.5. The van der Waals surface area contributed by atoms with Crippen LogP contribution < -0.4 is 11.3 Å². The number of hydrogen-bond donors (Lipinski definition) is 1. The zero-order valence-electron chi connectivity index (χ0n) is 8.15. The van der Waals surface area contributed by atoms with E-state index in [1.54, 1.807) is 0 Å². The second-order valence-corrected chi connectivity index (χ2v) is 3.89. The Morgan fingerprint density at radius 2 is 2.47 bits per heavy atom. The van der Waals surface area contributed by atoms with E-state index in [0.29, 0.717) is 6.61 Å². The van der Waals surface area contributed by atoms with E-state index in [1.807, 2.05) is 0 Å². The molecule has 1 atom stereocenters. The minimum atomic E-state index is -0.287. The zero-order valence-corrected chi connectivity index (χ0v) is 8.91. The summed E-state index contributed by atoms with van der Waals surface area (Å²) in [4.78, 5) is 15.6. The van der Waals surface area contributed by atoms with Crippen LogP contribution in [0, 0.1) is 0 Å². The Morgan fingerprint density at radius 3 is 3.13 bits per heavy atom. The normalized spacial score (nSPS) is 21.5. The lowest BCUT2D eigenvalue weighted by atomic mass is 10.1. The molecular weight excluding hydrogens is 218 g/mol. The summed E-state index contributed by atoms with van der Waals surface area (Å²) in [5.41, 5.74) is 5.24. The van der Waals surface area contributed by atoms with Gasteiger partial charge in [0.15, 0.2) is 5.15 Å². The molecule has 0 radical (unpaired) electrons. The van der Waals surface area contributed by atoms with Crippen LogP contribution in [0.4, 0.5) is 5.69 Å². The minimum Gasteiger partial charge on any atom is -0.392 e. The van der Waals surface area contributed by atoms with Gasteiger partial charge in [-0.25, -0.2) is 4.98 Å². The third kappa shape index (κ3) is 1.98. The molecule has 1 aromatic rings. The van der Waals surface area contributed by atoms with Crippen LogP contribution in [0.1, 0.15) is 18.9 Å². The molecule has 0 spiro atoms. The van der Waals surface area contributed by atoms with E-state index < -0.39 is 0 Å². The fourth-order valence-electron chi connectivity index (χ4n) is 1.67. The first-order chi connectivity index (χ1) is 7.20. The number of anilines is 1. The molecule has 2 heterocycles. The Labute approximate surface area is 91.8 Å². The highest BCUT2D eigenvalue weighted by Crippen LogP contribution is 2.18. The first-order valence-corrected chi connectivity index (χ1v) is 5.18. The van der Waals surface area contributed by atoms with Gasteiger partial charge in [-0.05, 0) is 12.8 Å². The van der Waals surface area contributed by atoms with E-state index in [-0.39, 0.29) is 22.4 Å². The van der Waals surface area contributed by atoms with E-state index in [9.17, 15) is 4.79 Å². The van der Waals surface area contributed by atoms with Crippen molar-refractivity contribution in [3.63, 3.8) is 0 Å². The maximum Gasteiger partial charge on any atom is 0.278 e. The molecule has 5 nitrogen and oxygen atoms in total. The Kier molecular flexibility index (Phi) is 2.93. The first-order valence-electron chi connectivity index (χ1n) is 4.80. The van der Waals surface area contributed by atoms with Gasteiger partial charge in [-0.2, -0.15) is 0 Å². The number of rotatable bonds is 1. The monoisotopic (exact) mass is 229 g/mol. The van der Waals surface area contributed by atoms with Crippen molar-refractivity contribution in [3.05, 3.63) is 21.8 Å². The van der Waals surface area contributed by atoms with Gasteiger partial charge in [-0.3, -0.25) is 9.36 Å². The van der Waals surface area contributed by atoms with Gasteiger partial charge in [-0.15, -0.1) is 0 Å². The van der Waals surface area contributed by atoms with Gasteiger partial charge in [0.1, 0.15) is 5.69 Å². The molecule has 0 amide bonds. The lowest BCUT2D eigenvalue weighted by Gasteiger charge is -2.23. The second-order valence-electron chi connectivity index (χ2n) is 3.53. The van der Waals surface area contributed by atoms with Crippen LogP contribution in [0.3, 0.4) is 0 Å². The van der Waals surface area contributed by atoms with Crippen molar-refractivity contribution in [2.75, 3.05) is 18.9 Å². The molecule has 0 saturated carbocycles. The molecule has 1 fully saturated rings. The van der Waals surface area contributed by atoms with Crippen LogP contribution in [0.2, 0.25) is 5.15 Å². The van der Waals surface area contributed by atoms with Crippen LogP contribution in [-0.4, -0.2) is 22.8 Å². The van der Waals surface area contributed by atoms with Gasteiger partial charge in [0.25, 0.3) is 5.56 Å². The molecule has 15 heavy (non-hydrogen) atoms. The molecule has 1 aromatic heterocycles. The van der Waals surface area contributed by atoms with Crippen molar-refractivity contribution in [2.45, 2.75) is 18.9 Å². The lowest BCUT2D eigenvalue weighted by Crippen LogP contribution is -2.32. The van der Waals surface area contributed by atoms with Gasteiger partial charge in [0.05, 0.1) is 19.0 Å². The summed E-state index contributed by atoms with van der Waals surface area (Å²) in [6.45, 7) is 1.28. The van der Waals surface area contributed by atoms with Crippen molar-refractivity contribution in [1.29, 1.82) is 0 Å². The topological polar surface area (TPSA) is 70.1 Å². The third-order valence-corrected chi connectivity index (χ3v) is 2.81. The van der Waals surface area contributed by atoms with Crippen LogP contribution >= 0.6 is 11.6 Å². The van der Waals surface area contributed by atoms with Crippen molar-refractivity contribution >= 4 is 17.3 Å². The highest BCUT2D eigenvalue weighted by molar-refractivity contribution is 6.31. The number of ether oxygens (including phenoxy) is 1. The Bertz CT molecular complexity index is 412. The van der Waals surface area contributed by atoms with Crippen molar-refractivity contribution < 1.29 is 4.74 Å². The summed E-state index contributed by atoms with van der Waals surface area (Å²) >= 11 is 5.64. The van der Waals surface area contributed by atoms with E-state index in [4.69, 9.17) is 22.1 Å². The summed E-state index contributed by atoms with van der Waals surface area (Å²) in [5, 5.41) is 0.0629. The van der Waals surface area contributed by atoms with E-state index in [0.717, 1.165) is 19.4 Å². The minimum absolute atomic E-state index is 0.00439. The molecule has 1 unspecified atom stereocenters. The predicted octanol–water partition coefficient (Wildman–Crippen LogP) is 0.830. The fraction of sp³-hybridized carbons (Fsp3) is 0.556. The molecule has 2 N–H and O–H groups in total. The molecule has 0 aliphatic carbocycles. The van der Waals surface area contributed by atoms with Gasteiger partial charge in [0.2, 0.25) is 0 Å². The molecule has 1 aliphatic heterocycles. The number of nitrogen functional groups attached to an aromatic ring is 1. The van der Waals surface area contributed by atoms with Crippen LogP contribution in [-0.2, 0) is 4.74 Å². The van der Waals surface area contributed by atoms with Gasteiger partial charge in [-0.1, -0.05) is 11.6 Å². The summed E-state index contributed by atoms with van der Waals surface area (Å²) in [5.74, 6) is 0. The molecule has 1 saturated heterocycles. The van der Waals surface area contributed by atoms with Crippen LogP contribution in [0.15, 0.2) is 11.1 Å². The smallest absolute Gasteiger partial charge is 0.278 e. The van der Waals surface area contributed by atoms with Gasteiger partial charge in [0, 0.05) is 6.61 Å². The number of hydrogen-bond acceptors (Lipinski definition) is 4. The maximum absolute atomic E-state index is 11.7. The highest BCUT2D eigenvalue weighted by Gasteiger charge is 2.18. The van der Waals surface area contributed by atoms with E-state index in [1.165, 1.54) is 10.9 Å². The van der Waals surface area contributed by atoms with Crippen molar-refractivity contribution in [3.8, 4) is 0 Å². The standard InChI is InChI=1S/C9H12ClN3O2/c10-8-7(11)9(14)13(5-12-8)6-2-1-3-15-4-6/h5-6H,1-4,11H2. The predicted molar refractivity (Wildman–Crippen MR) is 57.0 cm³/mol. The molecule has 82 valence electrons. The molecule has 0 aromatic carbocycles. The second kappa shape index (κ2) is 4.20. The van der Waals surface area contributed by atoms with Crippen molar-refractivity contribution in [1.82, 2.24) is 9.55 Å². The Morgan fingerprint density at radius 1 is 1.67 bits per heavy atom. The Balaban J connectivity index is 2.35. The first kappa shape index (κ1) is 10.4. The largest absolute Gasteiger partial charge is 0.392 e. The zero-order chi connectivity index (χ0) is 10.8. The third-order valence-electron chi connectivity index (χ3n) is 2.51. The van der Waals surface area contributed by atoms with Crippen LogP contribution in [0.25, 0.3) is 0 Å². The molecular formula is C9H12ClN3O2. The number of nitrogens with two attached hydrogens (primary N) is 1. The number of halogens is 1. The van der Waals surface area contributed by atoms with Crippen molar-refractivity contribution in [2.24, 2.45) is 0 Å².